The van der Waals surface area contributed by atoms with E-state index in [1.807, 2.05) is 6.92 Å². The summed E-state index contributed by atoms with van der Waals surface area (Å²) < 4.78 is 49.7. The molecule has 0 amide bonds. The number of ether oxygens (including phenoxy) is 2. The van der Waals surface area contributed by atoms with Crippen molar-refractivity contribution in [1.82, 2.24) is 9.78 Å². The molecule has 0 unspecified atom stereocenters. The second-order valence-corrected chi connectivity index (χ2v) is 5.93. The monoisotopic (exact) mass is 390 g/mol. The lowest BCUT2D eigenvalue weighted by Crippen LogP contribution is -2.13. The molecular formula is C17H18ClF3N2O3. The number of carbonyl (C=O) groups excluding carboxylic acids is 1. The Hall–Kier alpha value is -2.22. The van der Waals surface area contributed by atoms with E-state index in [1.54, 1.807) is 0 Å². The molecule has 0 aliphatic heterocycles. The van der Waals surface area contributed by atoms with Crippen molar-refractivity contribution in [3.63, 3.8) is 0 Å². The molecule has 9 heteroatoms. The summed E-state index contributed by atoms with van der Waals surface area (Å²) in [5.74, 6) is -0.396. The molecule has 0 atom stereocenters. The van der Waals surface area contributed by atoms with Gasteiger partial charge in [0.1, 0.15) is 0 Å². The summed E-state index contributed by atoms with van der Waals surface area (Å²) in [6, 6.07) is 4.46. The van der Waals surface area contributed by atoms with E-state index >= 15 is 0 Å². The Balaban J connectivity index is 2.28. The Bertz CT molecular complexity index is 775. The molecular weight excluding hydrogens is 373 g/mol. The highest BCUT2D eigenvalue weighted by molar-refractivity contribution is 6.31. The van der Waals surface area contributed by atoms with Gasteiger partial charge in [-0.25, -0.2) is 9.48 Å². The first kappa shape index (κ1) is 20.1. The number of aromatic nitrogens is 2. The molecule has 5 nitrogen and oxygen atoms in total. The minimum absolute atomic E-state index is 0.00145. The highest BCUT2D eigenvalue weighted by atomic mass is 35.5. The largest absolute Gasteiger partial charge is 0.477 e. The van der Waals surface area contributed by atoms with Crippen LogP contribution >= 0.6 is 11.6 Å². The van der Waals surface area contributed by atoms with E-state index in [0.29, 0.717) is 12.2 Å². The van der Waals surface area contributed by atoms with Crippen LogP contribution in [0.3, 0.4) is 0 Å². The van der Waals surface area contributed by atoms with Crippen molar-refractivity contribution in [2.45, 2.75) is 32.5 Å². The summed E-state index contributed by atoms with van der Waals surface area (Å²) in [5, 5.41) is 4.10. The van der Waals surface area contributed by atoms with Gasteiger partial charge in [0, 0.05) is 11.1 Å². The highest BCUT2D eigenvalue weighted by Crippen LogP contribution is 2.32. The number of hydrogen-bond acceptors (Lipinski definition) is 4. The topological polar surface area (TPSA) is 53.4 Å². The van der Waals surface area contributed by atoms with Crippen molar-refractivity contribution in [2.24, 2.45) is 0 Å². The lowest BCUT2D eigenvalue weighted by Gasteiger charge is -2.11. The van der Waals surface area contributed by atoms with Crippen LogP contribution in [0.4, 0.5) is 13.2 Å². The van der Waals surface area contributed by atoms with Crippen LogP contribution in [0.15, 0.2) is 24.3 Å². The van der Waals surface area contributed by atoms with Crippen LogP contribution in [-0.4, -0.2) is 29.5 Å². The molecule has 0 aliphatic rings. The Morgan fingerprint density at radius 2 is 2.04 bits per heavy atom. The maximum atomic E-state index is 12.7. The number of hydrogen-bond donors (Lipinski definition) is 0. The average Bonchev–Trinajstić information content (AvgIpc) is 2.98. The molecule has 0 bridgehead atoms. The third kappa shape index (κ3) is 4.91. The van der Waals surface area contributed by atoms with Gasteiger partial charge >= 0.3 is 12.1 Å². The first-order valence-electron chi connectivity index (χ1n) is 7.90. The smallest absolute Gasteiger partial charge is 0.416 e. The lowest BCUT2D eigenvalue weighted by molar-refractivity contribution is -0.137. The van der Waals surface area contributed by atoms with Crippen LogP contribution in [-0.2, 0) is 17.5 Å². The maximum absolute atomic E-state index is 12.7. The van der Waals surface area contributed by atoms with Gasteiger partial charge in [0.05, 0.1) is 25.8 Å². The summed E-state index contributed by atoms with van der Waals surface area (Å²) in [6.07, 6.45) is -2.72. The molecule has 1 aromatic carbocycles. The molecule has 0 aliphatic carbocycles. The quantitative estimate of drug-likeness (QED) is 0.513. The van der Waals surface area contributed by atoms with Gasteiger partial charge in [-0.1, -0.05) is 31.0 Å². The lowest BCUT2D eigenvalue weighted by atomic mass is 10.1. The Morgan fingerprint density at radius 3 is 2.62 bits per heavy atom. The van der Waals surface area contributed by atoms with Crippen LogP contribution in [0.25, 0.3) is 0 Å². The fourth-order valence-corrected chi connectivity index (χ4v) is 2.43. The van der Waals surface area contributed by atoms with Gasteiger partial charge < -0.3 is 9.47 Å². The molecule has 0 saturated heterocycles. The standard InChI is InChI=1S/C17H18ClF3N2O3/c1-3-4-7-26-15-9-14(16(24)25-2)23(22-15)10-11-5-6-12(8-13(11)18)17(19,20)21/h5-6,8-9H,3-4,7,10H2,1-2H3. The van der Waals surface area contributed by atoms with E-state index in [9.17, 15) is 18.0 Å². The van der Waals surface area contributed by atoms with Gasteiger partial charge in [-0.3, -0.25) is 0 Å². The molecule has 2 rings (SSSR count). The van der Waals surface area contributed by atoms with Crippen molar-refractivity contribution < 1.29 is 27.4 Å². The molecule has 2 aromatic rings. The number of alkyl halides is 3. The molecule has 26 heavy (non-hydrogen) atoms. The highest BCUT2D eigenvalue weighted by Gasteiger charge is 2.31. The molecule has 0 fully saturated rings. The Labute approximate surface area is 153 Å². The number of nitrogens with zero attached hydrogens (tertiary/aromatic N) is 2. The first-order valence-corrected chi connectivity index (χ1v) is 8.28. The van der Waals surface area contributed by atoms with Gasteiger partial charge in [-0.05, 0) is 24.1 Å². The summed E-state index contributed by atoms with van der Waals surface area (Å²) in [5.41, 5.74) is -0.341. The second-order valence-electron chi connectivity index (χ2n) is 5.52. The third-order valence-corrected chi connectivity index (χ3v) is 3.95. The van der Waals surface area contributed by atoms with E-state index in [4.69, 9.17) is 21.1 Å². The van der Waals surface area contributed by atoms with Crippen molar-refractivity contribution in [3.05, 3.63) is 46.1 Å². The van der Waals surface area contributed by atoms with Crippen LogP contribution < -0.4 is 4.74 Å². The predicted molar refractivity (Wildman–Crippen MR) is 89.5 cm³/mol. The number of unbranched alkanes of at least 4 members (excludes halogenated alkanes) is 1. The average molecular weight is 391 g/mol. The number of halogens is 4. The van der Waals surface area contributed by atoms with Crippen LogP contribution in [0.5, 0.6) is 5.88 Å². The van der Waals surface area contributed by atoms with Crippen LogP contribution in [0, 0.1) is 0 Å². The molecule has 1 aromatic heterocycles. The summed E-state index contributed by atoms with van der Waals surface area (Å²) >= 11 is 5.97. The zero-order valence-corrected chi connectivity index (χ0v) is 15.0. The van der Waals surface area contributed by atoms with E-state index in [1.165, 1.54) is 23.9 Å². The molecule has 0 saturated carbocycles. The van der Waals surface area contributed by atoms with E-state index in [-0.39, 0.29) is 23.1 Å². The second kappa shape index (κ2) is 8.44. The van der Waals surface area contributed by atoms with E-state index < -0.39 is 17.7 Å². The minimum atomic E-state index is -4.48. The van der Waals surface area contributed by atoms with Crippen LogP contribution in [0.2, 0.25) is 5.02 Å². The van der Waals surface area contributed by atoms with Gasteiger partial charge in [-0.15, -0.1) is 5.10 Å². The molecule has 142 valence electrons. The number of benzene rings is 1. The van der Waals surface area contributed by atoms with Crippen molar-refractivity contribution >= 4 is 17.6 Å². The zero-order chi connectivity index (χ0) is 19.3. The van der Waals surface area contributed by atoms with Gasteiger partial charge in [0.25, 0.3) is 0 Å². The molecule has 0 radical (unpaired) electrons. The van der Waals surface area contributed by atoms with E-state index in [0.717, 1.165) is 25.0 Å². The first-order chi connectivity index (χ1) is 12.3. The number of carbonyl (C=O) groups is 1. The number of esters is 1. The van der Waals surface area contributed by atoms with Gasteiger partial charge in [-0.2, -0.15) is 13.2 Å². The molecule has 0 N–H and O–H groups in total. The summed E-state index contributed by atoms with van der Waals surface area (Å²) in [4.78, 5) is 11.9. The number of methoxy groups -OCH3 is 1. The van der Waals surface area contributed by atoms with Crippen molar-refractivity contribution in [3.8, 4) is 5.88 Å². The fraction of sp³-hybridized carbons (Fsp3) is 0.412. The Kier molecular flexibility index (Phi) is 6.52. The number of rotatable bonds is 7. The minimum Gasteiger partial charge on any atom is -0.477 e. The third-order valence-electron chi connectivity index (χ3n) is 3.60. The molecule has 1 heterocycles. The Morgan fingerprint density at radius 1 is 1.31 bits per heavy atom. The molecule has 0 spiro atoms. The summed E-state index contributed by atoms with van der Waals surface area (Å²) in [6.45, 7) is 2.45. The fourth-order valence-electron chi connectivity index (χ4n) is 2.19. The van der Waals surface area contributed by atoms with Crippen LogP contribution in [0.1, 0.15) is 41.4 Å². The normalized spacial score (nSPS) is 11.5. The van der Waals surface area contributed by atoms with Gasteiger partial charge in [0.2, 0.25) is 5.88 Å². The zero-order valence-electron chi connectivity index (χ0n) is 14.3. The van der Waals surface area contributed by atoms with Crippen molar-refractivity contribution in [2.75, 3.05) is 13.7 Å². The SMILES string of the molecule is CCCCOc1cc(C(=O)OC)n(Cc2ccc(C(F)(F)F)cc2Cl)n1. The predicted octanol–water partition coefficient (Wildman–Crippen LogP) is 4.57. The van der Waals surface area contributed by atoms with Crippen molar-refractivity contribution in [1.29, 1.82) is 0 Å². The summed E-state index contributed by atoms with van der Waals surface area (Å²) in [7, 11) is 1.22. The van der Waals surface area contributed by atoms with E-state index in [2.05, 4.69) is 5.10 Å². The maximum Gasteiger partial charge on any atom is 0.416 e. The van der Waals surface area contributed by atoms with Gasteiger partial charge in [0.15, 0.2) is 5.69 Å².